The van der Waals surface area contributed by atoms with E-state index in [2.05, 4.69) is 11.9 Å². The fourth-order valence-electron chi connectivity index (χ4n) is 1.39. The van der Waals surface area contributed by atoms with E-state index in [9.17, 15) is 0 Å². The summed E-state index contributed by atoms with van der Waals surface area (Å²) in [6.45, 7) is 2.19. The van der Waals surface area contributed by atoms with Crippen LogP contribution >= 0.6 is 0 Å². The number of rotatable bonds is 5. The minimum absolute atomic E-state index is 0.308. The Bertz CT molecular complexity index is 221. The Hall–Kier alpha value is -0.890. The van der Waals surface area contributed by atoms with Crippen LogP contribution in [-0.4, -0.2) is 11.0 Å². The summed E-state index contributed by atoms with van der Waals surface area (Å²) in [7, 11) is 0. The lowest BCUT2D eigenvalue weighted by Crippen LogP contribution is -2.22. The van der Waals surface area contributed by atoms with Gasteiger partial charge in [-0.25, -0.2) is 0 Å². The second kappa shape index (κ2) is 5.70. The molecule has 1 rings (SSSR count). The maximum absolute atomic E-state index is 5.97. The predicted molar refractivity (Wildman–Crippen MR) is 55.4 cm³/mol. The molecule has 0 bridgehead atoms. The van der Waals surface area contributed by atoms with Crippen LogP contribution in [0.4, 0.5) is 0 Å². The van der Waals surface area contributed by atoms with Crippen molar-refractivity contribution in [2.45, 2.75) is 38.6 Å². The number of hydrogen-bond donors (Lipinski definition) is 1. The number of nitrogens with two attached hydrogens (primary N) is 1. The normalized spacial score (nSPS) is 12.8. The molecule has 72 valence electrons. The molecule has 0 radical (unpaired) electrons. The summed E-state index contributed by atoms with van der Waals surface area (Å²) in [4.78, 5) is 3.97. The molecule has 0 aliphatic rings. The number of pyridine rings is 1. The summed E-state index contributed by atoms with van der Waals surface area (Å²) in [5, 5.41) is 0. The molecule has 1 aromatic rings. The maximum Gasteiger partial charge on any atom is 0.0270 e. The molecule has 0 aliphatic heterocycles. The fourth-order valence-corrected chi connectivity index (χ4v) is 1.39. The molecule has 0 fully saturated rings. The minimum atomic E-state index is 0.308. The molecule has 13 heavy (non-hydrogen) atoms. The van der Waals surface area contributed by atoms with E-state index in [0.717, 1.165) is 12.8 Å². The highest BCUT2D eigenvalue weighted by atomic mass is 14.6. The molecule has 0 aliphatic carbocycles. The molecule has 2 nitrogen and oxygen atoms in total. The third-order valence-electron chi connectivity index (χ3n) is 2.18. The van der Waals surface area contributed by atoms with E-state index >= 15 is 0 Å². The van der Waals surface area contributed by atoms with E-state index in [0.29, 0.717) is 6.04 Å². The van der Waals surface area contributed by atoms with Gasteiger partial charge < -0.3 is 5.73 Å². The van der Waals surface area contributed by atoms with Crippen molar-refractivity contribution in [2.75, 3.05) is 0 Å². The first-order valence-corrected chi connectivity index (χ1v) is 4.97. The average molecular weight is 178 g/mol. The Kier molecular flexibility index (Phi) is 4.47. The maximum atomic E-state index is 5.97. The fraction of sp³-hybridized carbons (Fsp3) is 0.545. The molecule has 1 aromatic heterocycles. The van der Waals surface area contributed by atoms with E-state index in [1.807, 2.05) is 24.5 Å². The van der Waals surface area contributed by atoms with Crippen LogP contribution in [0.5, 0.6) is 0 Å². The standard InChI is InChI=1S/C11H18N2/c1-2-3-4-11(12)9-10-5-7-13-8-6-10/h5-8,11H,2-4,9,12H2,1H3. The first kappa shape index (κ1) is 10.2. The molecule has 1 heterocycles. The molecule has 1 unspecified atom stereocenters. The number of aromatic nitrogens is 1. The molecule has 0 amide bonds. The van der Waals surface area contributed by atoms with Gasteiger partial charge >= 0.3 is 0 Å². The second-order valence-electron chi connectivity index (χ2n) is 3.46. The van der Waals surface area contributed by atoms with Crippen molar-refractivity contribution in [3.05, 3.63) is 30.1 Å². The smallest absolute Gasteiger partial charge is 0.0270 e. The monoisotopic (exact) mass is 178 g/mol. The lowest BCUT2D eigenvalue weighted by molar-refractivity contribution is 0.574. The Morgan fingerprint density at radius 3 is 2.69 bits per heavy atom. The van der Waals surface area contributed by atoms with Gasteiger partial charge in [0.15, 0.2) is 0 Å². The van der Waals surface area contributed by atoms with Crippen molar-refractivity contribution >= 4 is 0 Å². The topological polar surface area (TPSA) is 38.9 Å². The van der Waals surface area contributed by atoms with Crippen LogP contribution in [0, 0.1) is 0 Å². The largest absolute Gasteiger partial charge is 0.327 e. The van der Waals surface area contributed by atoms with Crippen LogP contribution < -0.4 is 5.73 Å². The lowest BCUT2D eigenvalue weighted by Gasteiger charge is -2.10. The predicted octanol–water partition coefficient (Wildman–Crippen LogP) is 2.14. The van der Waals surface area contributed by atoms with Crippen molar-refractivity contribution < 1.29 is 0 Å². The van der Waals surface area contributed by atoms with Gasteiger partial charge in [-0.3, -0.25) is 4.98 Å². The zero-order chi connectivity index (χ0) is 9.52. The molecular formula is C11H18N2. The van der Waals surface area contributed by atoms with Crippen LogP contribution in [0.3, 0.4) is 0 Å². The molecule has 0 saturated carbocycles. The summed E-state index contributed by atoms with van der Waals surface area (Å²) >= 11 is 0. The van der Waals surface area contributed by atoms with Gasteiger partial charge in [0.05, 0.1) is 0 Å². The molecule has 2 heteroatoms. The molecule has 0 spiro atoms. The van der Waals surface area contributed by atoms with Gasteiger partial charge in [0.1, 0.15) is 0 Å². The van der Waals surface area contributed by atoms with Crippen molar-refractivity contribution in [1.82, 2.24) is 4.98 Å². The van der Waals surface area contributed by atoms with E-state index < -0.39 is 0 Å². The summed E-state index contributed by atoms with van der Waals surface area (Å²) < 4.78 is 0. The Morgan fingerprint density at radius 2 is 2.08 bits per heavy atom. The zero-order valence-electron chi connectivity index (χ0n) is 8.24. The van der Waals surface area contributed by atoms with Crippen molar-refractivity contribution in [3.8, 4) is 0 Å². The van der Waals surface area contributed by atoms with Crippen molar-refractivity contribution in [1.29, 1.82) is 0 Å². The molecule has 0 saturated heterocycles. The highest BCUT2D eigenvalue weighted by Crippen LogP contribution is 2.05. The molecule has 2 N–H and O–H groups in total. The van der Waals surface area contributed by atoms with Crippen molar-refractivity contribution in [3.63, 3.8) is 0 Å². The van der Waals surface area contributed by atoms with E-state index in [-0.39, 0.29) is 0 Å². The third kappa shape index (κ3) is 4.04. The Labute approximate surface area is 80.2 Å². The summed E-state index contributed by atoms with van der Waals surface area (Å²) in [6.07, 6.45) is 8.20. The van der Waals surface area contributed by atoms with Gasteiger partial charge in [-0.15, -0.1) is 0 Å². The number of hydrogen-bond acceptors (Lipinski definition) is 2. The van der Waals surface area contributed by atoms with E-state index in [1.165, 1.54) is 18.4 Å². The van der Waals surface area contributed by atoms with Crippen LogP contribution in [0.1, 0.15) is 31.7 Å². The average Bonchev–Trinajstić information content (AvgIpc) is 2.16. The van der Waals surface area contributed by atoms with Gasteiger partial charge in [0.2, 0.25) is 0 Å². The van der Waals surface area contributed by atoms with Crippen LogP contribution in [0.2, 0.25) is 0 Å². The second-order valence-corrected chi connectivity index (χ2v) is 3.46. The van der Waals surface area contributed by atoms with Crippen LogP contribution in [-0.2, 0) is 6.42 Å². The Morgan fingerprint density at radius 1 is 1.38 bits per heavy atom. The van der Waals surface area contributed by atoms with Gasteiger partial charge in [-0.1, -0.05) is 19.8 Å². The van der Waals surface area contributed by atoms with Gasteiger partial charge in [-0.05, 0) is 30.5 Å². The molecule has 0 aromatic carbocycles. The quantitative estimate of drug-likeness (QED) is 0.750. The molecule has 1 atom stereocenters. The third-order valence-corrected chi connectivity index (χ3v) is 2.18. The first-order chi connectivity index (χ1) is 6.33. The summed E-state index contributed by atoms with van der Waals surface area (Å²) in [5.41, 5.74) is 7.26. The lowest BCUT2D eigenvalue weighted by atomic mass is 10.0. The van der Waals surface area contributed by atoms with Crippen LogP contribution in [0.15, 0.2) is 24.5 Å². The highest BCUT2D eigenvalue weighted by Gasteiger charge is 2.02. The number of unbranched alkanes of at least 4 members (excludes halogenated alkanes) is 1. The van der Waals surface area contributed by atoms with Gasteiger partial charge in [0, 0.05) is 18.4 Å². The van der Waals surface area contributed by atoms with Crippen LogP contribution in [0.25, 0.3) is 0 Å². The number of nitrogens with zero attached hydrogens (tertiary/aromatic N) is 1. The SMILES string of the molecule is CCCCC(N)Cc1ccncc1. The summed E-state index contributed by atoms with van der Waals surface area (Å²) in [5.74, 6) is 0. The first-order valence-electron chi connectivity index (χ1n) is 4.97. The molecular weight excluding hydrogens is 160 g/mol. The highest BCUT2D eigenvalue weighted by molar-refractivity contribution is 5.10. The van der Waals surface area contributed by atoms with Crippen molar-refractivity contribution in [2.24, 2.45) is 5.73 Å². The minimum Gasteiger partial charge on any atom is -0.327 e. The zero-order valence-corrected chi connectivity index (χ0v) is 8.24. The van der Waals surface area contributed by atoms with Gasteiger partial charge in [0.25, 0.3) is 0 Å². The Balaban J connectivity index is 2.32. The van der Waals surface area contributed by atoms with E-state index in [4.69, 9.17) is 5.73 Å². The van der Waals surface area contributed by atoms with Gasteiger partial charge in [-0.2, -0.15) is 0 Å². The van der Waals surface area contributed by atoms with E-state index in [1.54, 1.807) is 0 Å². The summed E-state index contributed by atoms with van der Waals surface area (Å²) in [6, 6.07) is 4.37.